The first-order chi connectivity index (χ1) is 17.2. The number of carbonyl (C=O) groups is 1. The molecule has 36 heavy (non-hydrogen) atoms. The molecule has 0 unspecified atom stereocenters. The van der Waals surface area contributed by atoms with Crippen LogP contribution in [0.15, 0.2) is 46.9 Å². The van der Waals surface area contributed by atoms with Crippen LogP contribution in [0.4, 0.5) is 18.9 Å². The zero-order valence-corrected chi connectivity index (χ0v) is 20.5. The third kappa shape index (κ3) is 4.68. The van der Waals surface area contributed by atoms with Crippen LogP contribution in [0.25, 0.3) is 16.5 Å². The SMILES string of the molecule is COc1cc2oc3c(c2cc1/C(C)=C/C(=O)N1CCN(c2cccc(C(F)(F)F)c2)CC1)CCCC3. The number of furan rings is 1. The summed E-state index contributed by atoms with van der Waals surface area (Å²) >= 11 is 0. The molecule has 1 saturated heterocycles. The van der Waals surface area contributed by atoms with E-state index in [0.29, 0.717) is 37.6 Å². The van der Waals surface area contributed by atoms with Crippen LogP contribution in [-0.4, -0.2) is 44.1 Å². The molecule has 3 aromatic rings. The van der Waals surface area contributed by atoms with Gasteiger partial charge in [0.1, 0.15) is 17.1 Å². The Labute approximate surface area is 208 Å². The van der Waals surface area contributed by atoms with Crippen molar-refractivity contribution in [1.29, 1.82) is 0 Å². The second-order valence-electron chi connectivity index (χ2n) is 9.45. The number of hydrogen-bond acceptors (Lipinski definition) is 4. The first-order valence-electron chi connectivity index (χ1n) is 12.3. The van der Waals surface area contributed by atoms with E-state index < -0.39 is 11.7 Å². The minimum Gasteiger partial charge on any atom is -0.496 e. The number of rotatable bonds is 4. The van der Waals surface area contributed by atoms with Crippen LogP contribution >= 0.6 is 0 Å². The summed E-state index contributed by atoms with van der Waals surface area (Å²) in [5.74, 6) is 1.59. The highest BCUT2D eigenvalue weighted by atomic mass is 19.4. The molecule has 8 heteroatoms. The predicted molar refractivity (Wildman–Crippen MR) is 133 cm³/mol. The summed E-state index contributed by atoms with van der Waals surface area (Å²) in [7, 11) is 1.61. The van der Waals surface area contributed by atoms with Gasteiger partial charge in [0.05, 0.1) is 12.7 Å². The fourth-order valence-electron chi connectivity index (χ4n) is 5.18. The van der Waals surface area contributed by atoms with Gasteiger partial charge >= 0.3 is 6.18 Å². The van der Waals surface area contributed by atoms with Gasteiger partial charge in [-0.1, -0.05) is 6.07 Å². The predicted octanol–water partition coefficient (Wildman–Crippen LogP) is 6.09. The summed E-state index contributed by atoms with van der Waals surface area (Å²) in [6, 6.07) is 9.29. The maximum atomic E-state index is 13.1. The highest BCUT2D eigenvalue weighted by molar-refractivity contribution is 5.97. The van der Waals surface area contributed by atoms with Crippen LogP contribution in [0.3, 0.4) is 0 Å². The van der Waals surface area contributed by atoms with E-state index in [4.69, 9.17) is 9.15 Å². The van der Waals surface area contributed by atoms with Gasteiger partial charge in [-0.2, -0.15) is 13.2 Å². The second-order valence-corrected chi connectivity index (χ2v) is 9.45. The van der Waals surface area contributed by atoms with Gasteiger partial charge in [0, 0.05) is 66.9 Å². The summed E-state index contributed by atoms with van der Waals surface area (Å²) in [5, 5.41) is 1.08. The Kier molecular flexibility index (Phi) is 6.45. The maximum Gasteiger partial charge on any atom is 0.416 e. The number of aryl methyl sites for hydroxylation is 2. The average Bonchev–Trinajstić information content (AvgIpc) is 3.25. The Hall–Kier alpha value is -3.42. The van der Waals surface area contributed by atoms with Gasteiger partial charge in [0.2, 0.25) is 5.91 Å². The topological polar surface area (TPSA) is 45.9 Å². The number of hydrogen-bond donors (Lipinski definition) is 0. The number of amides is 1. The highest BCUT2D eigenvalue weighted by Gasteiger charge is 2.31. The van der Waals surface area contributed by atoms with Crippen LogP contribution in [0, 0.1) is 0 Å². The molecule has 0 saturated carbocycles. The van der Waals surface area contributed by atoms with Crippen LogP contribution < -0.4 is 9.64 Å². The van der Waals surface area contributed by atoms with Gasteiger partial charge in [0.25, 0.3) is 0 Å². The van der Waals surface area contributed by atoms with Crippen molar-refractivity contribution in [2.45, 2.75) is 38.8 Å². The van der Waals surface area contributed by atoms with Crippen LogP contribution in [0.1, 0.15) is 42.2 Å². The Balaban J connectivity index is 1.32. The smallest absolute Gasteiger partial charge is 0.416 e. The number of nitrogens with zero attached hydrogens (tertiary/aromatic N) is 2. The molecule has 1 amide bonds. The molecular weight excluding hydrogens is 469 g/mol. The van der Waals surface area contributed by atoms with E-state index in [0.717, 1.165) is 59.6 Å². The van der Waals surface area contributed by atoms with E-state index in [2.05, 4.69) is 6.07 Å². The molecule has 0 N–H and O–H groups in total. The molecule has 1 aliphatic heterocycles. The molecule has 0 radical (unpaired) electrons. The fourth-order valence-corrected chi connectivity index (χ4v) is 5.18. The maximum absolute atomic E-state index is 13.1. The van der Waals surface area contributed by atoms with E-state index in [9.17, 15) is 18.0 Å². The fraction of sp³-hybridized carbons (Fsp3) is 0.393. The second kappa shape index (κ2) is 9.56. The Morgan fingerprint density at radius 3 is 2.53 bits per heavy atom. The first-order valence-corrected chi connectivity index (χ1v) is 12.3. The number of benzene rings is 2. The van der Waals surface area contributed by atoms with Gasteiger partial charge in [0.15, 0.2) is 0 Å². The number of carbonyl (C=O) groups excluding carboxylic acids is 1. The van der Waals surface area contributed by atoms with Crippen molar-refractivity contribution < 1.29 is 27.1 Å². The number of halogens is 3. The number of alkyl halides is 3. The molecule has 1 fully saturated rings. The van der Waals surface area contributed by atoms with E-state index in [1.807, 2.05) is 17.9 Å². The van der Waals surface area contributed by atoms with Crippen molar-refractivity contribution in [2.75, 3.05) is 38.2 Å². The number of allylic oxidation sites excluding steroid dienone is 1. The Bertz CT molecular complexity index is 1320. The molecule has 2 aromatic carbocycles. The normalized spacial score (nSPS) is 16.9. The van der Waals surface area contributed by atoms with Gasteiger partial charge in [-0.3, -0.25) is 4.79 Å². The first kappa shape index (κ1) is 24.3. The molecular formula is C28H29F3N2O3. The lowest BCUT2D eigenvalue weighted by Crippen LogP contribution is -2.48. The molecule has 0 atom stereocenters. The Morgan fingerprint density at radius 2 is 1.81 bits per heavy atom. The molecule has 5 rings (SSSR count). The lowest BCUT2D eigenvalue weighted by molar-refractivity contribution is -0.137. The van der Waals surface area contributed by atoms with Crippen LogP contribution in [0.5, 0.6) is 5.75 Å². The molecule has 5 nitrogen and oxygen atoms in total. The van der Waals surface area contributed by atoms with Crippen LogP contribution in [0.2, 0.25) is 0 Å². The minimum absolute atomic E-state index is 0.118. The summed E-state index contributed by atoms with van der Waals surface area (Å²) in [6.45, 7) is 3.70. The molecule has 1 aliphatic carbocycles. The molecule has 190 valence electrons. The zero-order valence-electron chi connectivity index (χ0n) is 20.5. The molecule has 0 spiro atoms. The zero-order chi connectivity index (χ0) is 25.4. The summed E-state index contributed by atoms with van der Waals surface area (Å²) in [5.41, 5.74) is 3.57. The van der Waals surface area contributed by atoms with Gasteiger partial charge < -0.3 is 19.0 Å². The number of ether oxygens (including phenoxy) is 1. The molecule has 0 bridgehead atoms. The third-order valence-electron chi connectivity index (χ3n) is 7.17. The van der Waals surface area contributed by atoms with Crippen molar-refractivity contribution in [3.8, 4) is 5.75 Å². The van der Waals surface area contributed by atoms with Gasteiger partial charge in [-0.15, -0.1) is 0 Å². The van der Waals surface area contributed by atoms with Crippen molar-refractivity contribution >= 4 is 28.1 Å². The summed E-state index contributed by atoms with van der Waals surface area (Å²) in [4.78, 5) is 16.7. The quantitative estimate of drug-likeness (QED) is 0.409. The largest absolute Gasteiger partial charge is 0.496 e. The van der Waals surface area contributed by atoms with Crippen molar-refractivity contribution in [1.82, 2.24) is 4.90 Å². The molecule has 1 aromatic heterocycles. The van der Waals surface area contributed by atoms with Gasteiger partial charge in [-0.05, 0) is 56.0 Å². The third-order valence-corrected chi connectivity index (χ3v) is 7.17. The van der Waals surface area contributed by atoms with E-state index in [1.165, 1.54) is 17.7 Å². The monoisotopic (exact) mass is 498 g/mol. The van der Waals surface area contributed by atoms with E-state index in [-0.39, 0.29) is 5.91 Å². The lowest BCUT2D eigenvalue weighted by atomic mass is 9.94. The van der Waals surface area contributed by atoms with Crippen molar-refractivity contribution in [2.24, 2.45) is 0 Å². The number of anilines is 1. The summed E-state index contributed by atoms with van der Waals surface area (Å²) < 4.78 is 50.9. The highest BCUT2D eigenvalue weighted by Crippen LogP contribution is 2.38. The Morgan fingerprint density at radius 1 is 1.06 bits per heavy atom. The molecule has 2 aliphatic rings. The number of methoxy groups -OCH3 is 1. The molecule has 2 heterocycles. The van der Waals surface area contributed by atoms with E-state index >= 15 is 0 Å². The number of piperazine rings is 1. The average molecular weight is 499 g/mol. The minimum atomic E-state index is -4.38. The van der Waals surface area contributed by atoms with Crippen molar-refractivity contribution in [3.63, 3.8) is 0 Å². The number of fused-ring (bicyclic) bond motifs is 3. The van der Waals surface area contributed by atoms with Gasteiger partial charge in [-0.25, -0.2) is 0 Å². The summed E-state index contributed by atoms with van der Waals surface area (Å²) in [6.07, 6.45) is 1.45. The van der Waals surface area contributed by atoms with E-state index in [1.54, 1.807) is 24.2 Å². The lowest BCUT2D eigenvalue weighted by Gasteiger charge is -2.36. The van der Waals surface area contributed by atoms with Crippen LogP contribution in [-0.2, 0) is 23.8 Å². The van der Waals surface area contributed by atoms with Crippen molar-refractivity contribution in [3.05, 3.63) is 64.9 Å². The standard InChI is InChI=1S/C28H29F3N2O3/c1-18(22-16-23-21-8-3-4-9-24(21)36-26(23)17-25(22)35-2)14-27(34)33-12-10-32(11-13-33)20-7-5-6-19(15-20)28(29,30)31/h5-7,14-17H,3-4,8-13H2,1-2H3/b18-14+.